The standard InChI is InChI=1S/C16H18ClN5O4S/c1-21-8-15(20-10-21)27(23,24)22(2)4-5-26-14-7-12-11(6-13(14)25-3)16(17)19-9-18-12/h6-10H,4-5H2,1-3H3. The van der Waals surface area contributed by atoms with E-state index in [1.54, 1.807) is 23.7 Å². The summed E-state index contributed by atoms with van der Waals surface area (Å²) < 4.78 is 38.7. The smallest absolute Gasteiger partial charge is 0.261 e. The Hall–Kier alpha value is -2.43. The van der Waals surface area contributed by atoms with Crippen LogP contribution in [-0.2, 0) is 17.1 Å². The topological polar surface area (TPSA) is 99.4 Å². The van der Waals surface area contributed by atoms with Crippen LogP contribution in [0.1, 0.15) is 0 Å². The van der Waals surface area contributed by atoms with Crippen LogP contribution in [0, 0.1) is 0 Å². The summed E-state index contributed by atoms with van der Waals surface area (Å²) in [5.74, 6) is 0.887. The van der Waals surface area contributed by atoms with E-state index >= 15 is 0 Å². The van der Waals surface area contributed by atoms with Gasteiger partial charge in [0.15, 0.2) is 16.5 Å². The predicted molar refractivity (Wildman–Crippen MR) is 99.6 cm³/mol. The first-order valence-corrected chi connectivity index (χ1v) is 9.70. The molecule has 0 aliphatic heterocycles. The lowest BCUT2D eigenvalue weighted by molar-refractivity contribution is 0.272. The van der Waals surface area contributed by atoms with E-state index in [1.165, 1.54) is 37.3 Å². The molecule has 0 aliphatic rings. The third-order valence-electron chi connectivity index (χ3n) is 3.89. The second-order valence-corrected chi connectivity index (χ2v) is 8.09. The summed E-state index contributed by atoms with van der Waals surface area (Å²) >= 11 is 6.07. The van der Waals surface area contributed by atoms with E-state index < -0.39 is 10.0 Å². The number of ether oxygens (including phenoxy) is 2. The van der Waals surface area contributed by atoms with Gasteiger partial charge in [0.1, 0.15) is 18.1 Å². The van der Waals surface area contributed by atoms with E-state index in [1.807, 2.05) is 0 Å². The number of benzene rings is 1. The van der Waals surface area contributed by atoms with Crippen molar-refractivity contribution in [2.45, 2.75) is 5.03 Å². The molecule has 0 N–H and O–H groups in total. The zero-order chi connectivity index (χ0) is 19.6. The van der Waals surface area contributed by atoms with Gasteiger partial charge in [0.2, 0.25) is 0 Å². The number of sulfonamides is 1. The van der Waals surface area contributed by atoms with Gasteiger partial charge in [0.05, 0.1) is 19.0 Å². The Kier molecular flexibility index (Phi) is 5.49. The summed E-state index contributed by atoms with van der Waals surface area (Å²) in [5, 5.41) is 0.936. The second-order valence-electron chi connectivity index (χ2n) is 5.74. The average molecular weight is 412 g/mol. The van der Waals surface area contributed by atoms with Gasteiger partial charge in [-0.15, -0.1) is 0 Å². The molecule has 0 saturated heterocycles. The summed E-state index contributed by atoms with van der Waals surface area (Å²) in [5.41, 5.74) is 0.597. The van der Waals surface area contributed by atoms with E-state index in [0.29, 0.717) is 27.6 Å². The molecule has 0 spiro atoms. The maximum absolute atomic E-state index is 12.5. The molecule has 0 saturated carbocycles. The third-order valence-corrected chi connectivity index (χ3v) is 5.94. The van der Waals surface area contributed by atoms with Crippen molar-refractivity contribution in [3.8, 4) is 11.5 Å². The van der Waals surface area contributed by atoms with Crippen LogP contribution >= 0.6 is 11.6 Å². The van der Waals surface area contributed by atoms with Crippen LogP contribution in [0.15, 0.2) is 36.0 Å². The van der Waals surface area contributed by atoms with Gasteiger partial charge >= 0.3 is 0 Å². The number of methoxy groups -OCH3 is 1. The van der Waals surface area contributed by atoms with Crippen molar-refractivity contribution in [2.75, 3.05) is 27.3 Å². The number of rotatable bonds is 7. The number of nitrogens with zero attached hydrogens (tertiary/aromatic N) is 5. The monoisotopic (exact) mass is 411 g/mol. The Bertz CT molecular complexity index is 1070. The molecule has 0 amide bonds. The summed E-state index contributed by atoms with van der Waals surface area (Å²) in [6.07, 6.45) is 4.24. The van der Waals surface area contributed by atoms with Crippen molar-refractivity contribution < 1.29 is 17.9 Å². The highest BCUT2D eigenvalue weighted by Gasteiger charge is 2.23. The predicted octanol–water partition coefficient (Wildman–Crippen LogP) is 1.72. The minimum absolute atomic E-state index is 0.0119. The fourth-order valence-corrected chi connectivity index (χ4v) is 3.70. The van der Waals surface area contributed by atoms with Gasteiger partial charge in [0.25, 0.3) is 10.0 Å². The lowest BCUT2D eigenvalue weighted by atomic mass is 10.2. The van der Waals surface area contributed by atoms with E-state index in [2.05, 4.69) is 15.0 Å². The van der Waals surface area contributed by atoms with Crippen molar-refractivity contribution in [3.05, 3.63) is 36.1 Å². The molecule has 0 aliphatic carbocycles. The molecule has 2 heterocycles. The summed E-state index contributed by atoms with van der Waals surface area (Å²) in [6.45, 7) is 0.244. The maximum Gasteiger partial charge on any atom is 0.261 e. The van der Waals surface area contributed by atoms with Crippen LogP contribution in [0.25, 0.3) is 10.9 Å². The van der Waals surface area contributed by atoms with Crippen molar-refractivity contribution in [3.63, 3.8) is 0 Å². The number of likely N-dealkylation sites (N-methyl/N-ethyl adjacent to an activating group) is 1. The van der Waals surface area contributed by atoms with Crippen molar-refractivity contribution >= 4 is 32.5 Å². The van der Waals surface area contributed by atoms with Crippen LogP contribution in [0.4, 0.5) is 0 Å². The molecule has 0 bridgehead atoms. The molecule has 27 heavy (non-hydrogen) atoms. The first kappa shape index (κ1) is 19.3. The number of halogens is 1. The van der Waals surface area contributed by atoms with Crippen molar-refractivity contribution in [1.82, 2.24) is 23.8 Å². The van der Waals surface area contributed by atoms with Crippen LogP contribution in [0.3, 0.4) is 0 Å². The highest BCUT2D eigenvalue weighted by molar-refractivity contribution is 7.89. The molecule has 3 aromatic rings. The van der Waals surface area contributed by atoms with Gasteiger partial charge < -0.3 is 14.0 Å². The van der Waals surface area contributed by atoms with E-state index in [9.17, 15) is 8.42 Å². The highest BCUT2D eigenvalue weighted by atomic mass is 35.5. The Balaban J connectivity index is 1.73. The molecule has 0 radical (unpaired) electrons. The molecule has 0 unspecified atom stereocenters. The molecule has 0 atom stereocenters. The minimum atomic E-state index is -3.68. The summed E-state index contributed by atoms with van der Waals surface area (Å²) in [7, 11) is 1.00. The zero-order valence-electron chi connectivity index (χ0n) is 15.0. The average Bonchev–Trinajstić information content (AvgIpc) is 3.08. The number of hydrogen-bond donors (Lipinski definition) is 0. The second kappa shape index (κ2) is 7.67. The van der Waals surface area contributed by atoms with Crippen LogP contribution in [0.2, 0.25) is 5.15 Å². The van der Waals surface area contributed by atoms with Crippen LogP contribution in [0.5, 0.6) is 11.5 Å². The Morgan fingerprint density at radius 1 is 1.22 bits per heavy atom. The van der Waals surface area contributed by atoms with Gasteiger partial charge in [-0.1, -0.05) is 11.6 Å². The number of imidazole rings is 1. The lowest BCUT2D eigenvalue weighted by Crippen LogP contribution is -2.31. The van der Waals surface area contributed by atoms with Gasteiger partial charge in [-0.25, -0.2) is 23.4 Å². The van der Waals surface area contributed by atoms with Crippen molar-refractivity contribution in [2.24, 2.45) is 7.05 Å². The van der Waals surface area contributed by atoms with Crippen molar-refractivity contribution in [1.29, 1.82) is 0 Å². The van der Waals surface area contributed by atoms with Gasteiger partial charge in [0, 0.05) is 38.3 Å². The largest absolute Gasteiger partial charge is 0.493 e. The Morgan fingerprint density at radius 2 is 2.00 bits per heavy atom. The molecule has 144 valence electrons. The van der Waals surface area contributed by atoms with E-state index in [4.69, 9.17) is 21.1 Å². The van der Waals surface area contributed by atoms with Gasteiger partial charge in [-0.2, -0.15) is 4.31 Å². The normalized spacial score (nSPS) is 11.9. The number of hydrogen-bond acceptors (Lipinski definition) is 7. The first-order chi connectivity index (χ1) is 12.8. The maximum atomic E-state index is 12.5. The Morgan fingerprint density at radius 3 is 2.67 bits per heavy atom. The molecule has 9 nitrogen and oxygen atoms in total. The van der Waals surface area contributed by atoms with Gasteiger partial charge in [-0.3, -0.25) is 0 Å². The molecule has 3 rings (SSSR count). The van der Waals surface area contributed by atoms with E-state index in [-0.39, 0.29) is 18.2 Å². The van der Waals surface area contributed by atoms with Crippen LogP contribution in [-0.4, -0.2) is 59.6 Å². The number of fused-ring (bicyclic) bond motifs is 1. The number of aromatic nitrogens is 4. The molecular weight excluding hydrogens is 394 g/mol. The Labute approximate surface area is 161 Å². The summed E-state index contributed by atoms with van der Waals surface area (Å²) in [6, 6.07) is 3.36. The quantitative estimate of drug-likeness (QED) is 0.546. The zero-order valence-corrected chi connectivity index (χ0v) is 16.5. The van der Waals surface area contributed by atoms with E-state index in [0.717, 1.165) is 0 Å². The summed E-state index contributed by atoms with van der Waals surface area (Å²) in [4.78, 5) is 12.0. The first-order valence-electron chi connectivity index (χ1n) is 7.88. The molecule has 2 aromatic heterocycles. The fourth-order valence-electron chi connectivity index (χ4n) is 2.39. The molecular formula is C16H18ClN5O4S. The van der Waals surface area contributed by atoms with Gasteiger partial charge in [-0.05, 0) is 6.07 Å². The molecule has 1 aromatic carbocycles. The molecule has 0 fully saturated rings. The minimum Gasteiger partial charge on any atom is -0.493 e. The third kappa shape index (κ3) is 3.97. The van der Waals surface area contributed by atoms with Crippen LogP contribution < -0.4 is 9.47 Å². The SMILES string of the molecule is COc1cc2c(Cl)ncnc2cc1OCCN(C)S(=O)(=O)c1cn(C)cn1. The lowest BCUT2D eigenvalue weighted by Gasteiger charge is -2.17. The molecule has 11 heteroatoms. The number of aryl methyl sites for hydroxylation is 1. The fraction of sp³-hybridized carbons (Fsp3) is 0.312. The highest BCUT2D eigenvalue weighted by Crippen LogP contribution is 2.33.